The van der Waals surface area contributed by atoms with Gasteiger partial charge in [0, 0.05) is 12.6 Å². The Bertz CT molecular complexity index is 1220. The summed E-state index contributed by atoms with van der Waals surface area (Å²) in [5.41, 5.74) is 0.985. The molecule has 4 rings (SSSR count). The van der Waals surface area contributed by atoms with Crippen LogP contribution < -0.4 is 10.9 Å². The van der Waals surface area contributed by atoms with Crippen LogP contribution in [0.4, 0.5) is 0 Å². The van der Waals surface area contributed by atoms with Gasteiger partial charge in [-0.1, -0.05) is 57.2 Å². The topological polar surface area (TPSA) is 81.3 Å². The summed E-state index contributed by atoms with van der Waals surface area (Å²) in [6.45, 7) is 11.1. The largest absolute Gasteiger partial charge is 0.353 e. The molecule has 0 atom stereocenters. The molecule has 176 valence electrons. The second kappa shape index (κ2) is 9.71. The van der Waals surface area contributed by atoms with Crippen LogP contribution in [0.25, 0.3) is 16.7 Å². The highest BCUT2D eigenvalue weighted by Crippen LogP contribution is 2.40. The highest BCUT2D eigenvalue weighted by molar-refractivity contribution is 7.99. The third kappa shape index (κ3) is 4.71. The number of hydrogen-bond acceptors (Lipinski definition) is 5. The van der Waals surface area contributed by atoms with Crippen LogP contribution in [0, 0.1) is 11.3 Å². The number of amides is 1. The number of rotatable bonds is 8. The van der Waals surface area contributed by atoms with Crippen LogP contribution in [0.3, 0.4) is 0 Å². The number of para-hydroxylation sites is 1. The first kappa shape index (κ1) is 23.5. The fraction of sp³-hybridized carbons (Fsp3) is 0.520. The van der Waals surface area contributed by atoms with Crippen LogP contribution in [-0.2, 0) is 11.3 Å². The average molecular weight is 468 g/mol. The summed E-state index contributed by atoms with van der Waals surface area (Å²) in [4.78, 5) is 25.6. The number of benzene rings is 1. The Kier molecular flexibility index (Phi) is 6.93. The molecule has 1 aromatic carbocycles. The highest BCUT2D eigenvalue weighted by Gasteiger charge is 2.32. The zero-order chi connectivity index (χ0) is 23.6. The zero-order valence-corrected chi connectivity index (χ0v) is 20.5. The monoisotopic (exact) mass is 467 g/mol. The Morgan fingerprint density at radius 3 is 2.67 bits per heavy atom. The lowest BCUT2D eigenvalue weighted by molar-refractivity contribution is -0.119. The molecule has 1 N–H and O–H groups in total. The van der Waals surface area contributed by atoms with Gasteiger partial charge in [-0.05, 0) is 49.1 Å². The lowest BCUT2D eigenvalue weighted by Crippen LogP contribution is -2.40. The van der Waals surface area contributed by atoms with Crippen molar-refractivity contribution in [3.05, 3.63) is 47.3 Å². The van der Waals surface area contributed by atoms with Gasteiger partial charge in [-0.2, -0.15) is 0 Å². The second-order valence-corrected chi connectivity index (χ2v) is 10.5. The van der Waals surface area contributed by atoms with Gasteiger partial charge >= 0.3 is 0 Å². The molecule has 0 radical (unpaired) electrons. The Morgan fingerprint density at radius 2 is 1.97 bits per heavy atom. The van der Waals surface area contributed by atoms with E-state index in [1.807, 2.05) is 22.6 Å². The van der Waals surface area contributed by atoms with Gasteiger partial charge in [0.15, 0.2) is 5.16 Å². The molecule has 2 heterocycles. The van der Waals surface area contributed by atoms with Crippen molar-refractivity contribution in [3.8, 4) is 0 Å². The van der Waals surface area contributed by atoms with Crippen molar-refractivity contribution in [3.63, 3.8) is 0 Å². The van der Waals surface area contributed by atoms with E-state index in [0.717, 1.165) is 24.3 Å². The van der Waals surface area contributed by atoms with Gasteiger partial charge in [0.25, 0.3) is 5.56 Å². The normalized spacial score (nSPS) is 19.1. The van der Waals surface area contributed by atoms with Gasteiger partial charge < -0.3 is 5.32 Å². The van der Waals surface area contributed by atoms with Gasteiger partial charge in [-0.25, -0.2) is 0 Å². The number of carbonyl (C=O) groups excluding carboxylic acids is 1. The molecular weight excluding hydrogens is 434 g/mol. The third-order valence-electron chi connectivity index (χ3n) is 7.23. The molecule has 1 aliphatic carbocycles. The minimum absolute atomic E-state index is 0.0127. The number of fused-ring (bicyclic) bond motifs is 3. The minimum Gasteiger partial charge on any atom is -0.353 e. The fourth-order valence-corrected chi connectivity index (χ4v) is 5.58. The van der Waals surface area contributed by atoms with Crippen LogP contribution >= 0.6 is 11.8 Å². The Labute approximate surface area is 198 Å². The van der Waals surface area contributed by atoms with E-state index < -0.39 is 0 Å². The lowest BCUT2D eigenvalue weighted by atomic mass is 9.69. The molecule has 0 aliphatic heterocycles. The molecule has 8 heteroatoms. The van der Waals surface area contributed by atoms with Crippen LogP contribution in [0.2, 0.25) is 0 Å². The van der Waals surface area contributed by atoms with Gasteiger partial charge in [0.2, 0.25) is 11.7 Å². The maximum atomic E-state index is 12.9. The number of allylic oxidation sites excluding steroid dienone is 1. The van der Waals surface area contributed by atoms with Crippen LogP contribution in [0.15, 0.2) is 46.9 Å². The molecule has 2 aromatic heterocycles. The minimum atomic E-state index is -0.124. The summed E-state index contributed by atoms with van der Waals surface area (Å²) in [6, 6.07) is 7.65. The molecule has 0 saturated heterocycles. The van der Waals surface area contributed by atoms with E-state index >= 15 is 0 Å². The summed E-state index contributed by atoms with van der Waals surface area (Å²) in [5, 5.41) is 13.0. The predicted molar refractivity (Wildman–Crippen MR) is 134 cm³/mol. The van der Waals surface area contributed by atoms with Crippen LogP contribution in [-0.4, -0.2) is 36.9 Å². The standard InChI is InChI=1S/C25H33N5O2S/c1-5-15-29-22(32)19-9-7-8-10-20(19)30-23(29)27-28-24(30)33-16-21(31)26-18-13-11-17(12-14-18)25(3,4)6-2/h5,7-10,17-18H,1,6,11-16H2,2-4H3,(H,26,31). The van der Waals surface area contributed by atoms with E-state index in [4.69, 9.17) is 0 Å². The summed E-state index contributed by atoms with van der Waals surface area (Å²) in [6.07, 6.45) is 7.27. The van der Waals surface area contributed by atoms with E-state index in [-0.39, 0.29) is 23.3 Å². The average Bonchev–Trinajstić information content (AvgIpc) is 3.25. The number of aromatic nitrogens is 4. The quantitative estimate of drug-likeness (QED) is 0.391. The van der Waals surface area contributed by atoms with Crippen molar-refractivity contribution in [1.82, 2.24) is 24.5 Å². The van der Waals surface area contributed by atoms with E-state index in [2.05, 4.69) is 42.9 Å². The van der Waals surface area contributed by atoms with Gasteiger partial charge in [0.1, 0.15) is 0 Å². The number of carbonyl (C=O) groups is 1. The number of hydrogen-bond donors (Lipinski definition) is 1. The maximum absolute atomic E-state index is 12.9. The fourth-order valence-electron chi connectivity index (χ4n) is 4.83. The Balaban J connectivity index is 1.47. The number of thioether (sulfide) groups is 1. The molecule has 3 aromatic rings. The molecule has 1 aliphatic rings. The lowest BCUT2D eigenvalue weighted by Gasteiger charge is -2.39. The highest BCUT2D eigenvalue weighted by atomic mass is 32.2. The van der Waals surface area contributed by atoms with Gasteiger partial charge in [-0.3, -0.25) is 18.6 Å². The molecule has 0 bridgehead atoms. The van der Waals surface area contributed by atoms with Crippen molar-refractivity contribution in [2.75, 3.05) is 5.75 Å². The SMILES string of the molecule is C=CCn1c(=O)c2ccccc2n2c(SCC(=O)NC3CCC(C(C)(C)CC)CC3)nnc12. The summed E-state index contributed by atoms with van der Waals surface area (Å²) in [5.74, 6) is 1.46. The predicted octanol–water partition coefficient (Wildman–Crippen LogP) is 4.43. The van der Waals surface area contributed by atoms with Crippen LogP contribution in [0.5, 0.6) is 0 Å². The van der Waals surface area contributed by atoms with Crippen molar-refractivity contribution >= 4 is 34.3 Å². The van der Waals surface area contributed by atoms with Crippen molar-refractivity contribution < 1.29 is 4.79 Å². The molecule has 7 nitrogen and oxygen atoms in total. The molecule has 0 unspecified atom stereocenters. The first-order valence-electron chi connectivity index (χ1n) is 11.8. The first-order chi connectivity index (χ1) is 15.9. The zero-order valence-electron chi connectivity index (χ0n) is 19.7. The summed E-state index contributed by atoms with van der Waals surface area (Å²) < 4.78 is 3.42. The maximum Gasteiger partial charge on any atom is 0.263 e. The van der Waals surface area contributed by atoms with Crippen molar-refractivity contribution in [1.29, 1.82) is 0 Å². The molecule has 1 fully saturated rings. The molecule has 33 heavy (non-hydrogen) atoms. The smallest absolute Gasteiger partial charge is 0.263 e. The Hall–Kier alpha value is -2.61. The van der Waals surface area contributed by atoms with Gasteiger partial charge in [-0.15, -0.1) is 16.8 Å². The molecule has 0 spiro atoms. The van der Waals surface area contributed by atoms with E-state index in [1.54, 1.807) is 16.7 Å². The van der Waals surface area contributed by atoms with E-state index in [0.29, 0.717) is 28.3 Å². The van der Waals surface area contributed by atoms with Crippen molar-refractivity contribution in [2.24, 2.45) is 11.3 Å². The number of nitrogens with zero attached hydrogens (tertiary/aromatic N) is 4. The Morgan fingerprint density at radius 1 is 1.24 bits per heavy atom. The summed E-state index contributed by atoms with van der Waals surface area (Å²) in [7, 11) is 0. The third-order valence-corrected chi connectivity index (χ3v) is 8.16. The second-order valence-electron chi connectivity index (χ2n) is 9.59. The van der Waals surface area contributed by atoms with E-state index in [1.165, 1.54) is 31.0 Å². The molecular formula is C25H33N5O2S. The van der Waals surface area contributed by atoms with E-state index in [9.17, 15) is 9.59 Å². The van der Waals surface area contributed by atoms with Crippen LogP contribution in [0.1, 0.15) is 52.9 Å². The first-order valence-corrected chi connectivity index (χ1v) is 12.7. The molecule has 1 amide bonds. The molecule has 1 saturated carbocycles. The van der Waals surface area contributed by atoms with Gasteiger partial charge in [0.05, 0.1) is 16.7 Å². The summed E-state index contributed by atoms with van der Waals surface area (Å²) >= 11 is 1.35. The van der Waals surface area contributed by atoms with Crippen molar-refractivity contribution in [2.45, 2.75) is 70.6 Å². The number of nitrogens with one attached hydrogen (secondary N) is 1.